The first-order valence-electron chi connectivity index (χ1n) is 4.46. The lowest BCUT2D eigenvalue weighted by Gasteiger charge is -2.07. The maximum absolute atomic E-state index is 11.4. The number of rotatable bonds is 2. The monoisotopic (exact) mass is 177 g/mol. The van der Waals surface area contributed by atoms with E-state index in [0.717, 1.165) is 11.1 Å². The maximum Gasteiger partial charge on any atom is 0.164 e. The first-order chi connectivity index (χ1) is 6.06. The third-order valence-electron chi connectivity index (χ3n) is 2.29. The van der Waals surface area contributed by atoms with Crippen molar-refractivity contribution in [1.29, 1.82) is 0 Å². The summed E-state index contributed by atoms with van der Waals surface area (Å²) in [4.78, 5) is 11.4. The number of carbonyl (C=O) groups is 1. The van der Waals surface area contributed by atoms with Gasteiger partial charge in [0.15, 0.2) is 5.78 Å². The van der Waals surface area contributed by atoms with Gasteiger partial charge in [-0.3, -0.25) is 4.79 Å². The predicted octanol–water partition coefficient (Wildman–Crippen LogP) is 2.48. The van der Waals surface area contributed by atoms with Crippen molar-refractivity contribution in [2.75, 3.05) is 5.73 Å². The maximum atomic E-state index is 11.4. The van der Waals surface area contributed by atoms with Crippen LogP contribution >= 0.6 is 0 Å². The topological polar surface area (TPSA) is 43.1 Å². The molecule has 0 unspecified atom stereocenters. The standard InChI is InChI=1S/C11H15NO/c1-4-11(13)9-5-7(2)8(3)6-10(9)12/h5-6H,4,12H2,1-3H3. The molecule has 1 aromatic carbocycles. The summed E-state index contributed by atoms with van der Waals surface area (Å²) in [7, 11) is 0. The molecular weight excluding hydrogens is 162 g/mol. The third kappa shape index (κ3) is 1.89. The van der Waals surface area contributed by atoms with Crippen molar-refractivity contribution < 1.29 is 4.79 Å². The molecule has 0 heterocycles. The van der Waals surface area contributed by atoms with E-state index in [4.69, 9.17) is 5.73 Å². The second-order valence-corrected chi connectivity index (χ2v) is 3.30. The van der Waals surface area contributed by atoms with Crippen LogP contribution in [0.2, 0.25) is 0 Å². The summed E-state index contributed by atoms with van der Waals surface area (Å²) < 4.78 is 0. The van der Waals surface area contributed by atoms with Crippen LogP contribution < -0.4 is 5.73 Å². The molecule has 0 aromatic heterocycles. The second-order valence-electron chi connectivity index (χ2n) is 3.30. The minimum Gasteiger partial charge on any atom is -0.398 e. The molecule has 70 valence electrons. The van der Waals surface area contributed by atoms with Crippen LogP contribution in [-0.2, 0) is 0 Å². The lowest BCUT2D eigenvalue weighted by Crippen LogP contribution is -2.03. The number of benzene rings is 1. The zero-order valence-corrected chi connectivity index (χ0v) is 8.35. The average Bonchev–Trinajstić information content (AvgIpc) is 2.10. The molecule has 0 bridgehead atoms. The largest absolute Gasteiger partial charge is 0.398 e. The highest BCUT2D eigenvalue weighted by Gasteiger charge is 2.08. The molecule has 0 fully saturated rings. The van der Waals surface area contributed by atoms with Gasteiger partial charge >= 0.3 is 0 Å². The molecule has 1 rings (SSSR count). The fraction of sp³-hybridized carbons (Fsp3) is 0.364. The van der Waals surface area contributed by atoms with E-state index in [0.29, 0.717) is 17.7 Å². The molecule has 1 aromatic rings. The van der Waals surface area contributed by atoms with E-state index in [1.54, 1.807) is 0 Å². The van der Waals surface area contributed by atoms with Gasteiger partial charge in [-0.05, 0) is 37.1 Å². The van der Waals surface area contributed by atoms with Crippen LogP contribution in [0.5, 0.6) is 0 Å². The Hall–Kier alpha value is -1.31. The summed E-state index contributed by atoms with van der Waals surface area (Å²) >= 11 is 0. The molecular formula is C11H15NO. The Morgan fingerprint density at radius 3 is 2.38 bits per heavy atom. The zero-order valence-electron chi connectivity index (χ0n) is 8.35. The number of hydrogen-bond acceptors (Lipinski definition) is 2. The van der Waals surface area contributed by atoms with Crippen LogP contribution in [0.15, 0.2) is 12.1 Å². The van der Waals surface area contributed by atoms with Crippen molar-refractivity contribution in [2.45, 2.75) is 27.2 Å². The lowest BCUT2D eigenvalue weighted by atomic mass is 10.0. The van der Waals surface area contributed by atoms with Crippen LogP contribution in [0, 0.1) is 13.8 Å². The van der Waals surface area contributed by atoms with Crippen LogP contribution in [0.4, 0.5) is 5.69 Å². The highest BCUT2D eigenvalue weighted by molar-refractivity contribution is 6.00. The quantitative estimate of drug-likeness (QED) is 0.557. The molecule has 13 heavy (non-hydrogen) atoms. The number of carbonyl (C=O) groups excluding carboxylic acids is 1. The Labute approximate surface area is 78.8 Å². The molecule has 0 amide bonds. The van der Waals surface area contributed by atoms with Gasteiger partial charge < -0.3 is 5.73 Å². The van der Waals surface area contributed by atoms with Gasteiger partial charge in [0, 0.05) is 17.7 Å². The molecule has 2 nitrogen and oxygen atoms in total. The minimum atomic E-state index is 0.112. The van der Waals surface area contributed by atoms with Gasteiger partial charge in [-0.2, -0.15) is 0 Å². The smallest absolute Gasteiger partial charge is 0.164 e. The van der Waals surface area contributed by atoms with Gasteiger partial charge in [0.05, 0.1) is 0 Å². The molecule has 0 radical (unpaired) electrons. The summed E-state index contributed by atoms with van der Waals surface area (Å²) in [5.41, 5.74) is 9.24. The van der Waals surface area contributed by atoms with Gasteiger partial charge in [-0.25, -0.2) is 0 Å². The summed E-state index contributed by atoms with van der Waals surface area (Å²) in [6, 6.07) is 3.73. The minimum absolute atomic E-state index is 0.112. The zero-order chi connectivity index (χ0) is 10.0. The number of ketones is 1. The summed E-state index contributed by atoms with van der Waals surface area (Å²) in [6.45, 7) is 5.82. The second kappa shape index (κ2) is 3.60. The van der Waals surface area contributed by atoms with Crippen molar-refractivity contribution in [1.82, 2.24) is 0 Å². The molecule has 0 spiro atoms. The van der Waals surface area contributed by atoms with Crippen molar-refractivity contribution in [2.24, 2.45) is 0 Å². The van der Waals surface area contributed by atoms with E-state index in [1.807, 2.05) is 32.9 Å². The number of nitrogen functional groups attached to an aromatic ring is 1. The molecule has 0 atom stereocenters. The van der Waals surface area contributed by atoms with E-state index in [1.165, 1.54) is 0 Å². The Morgan fingerprint density at radius 1 is 1.31 bits per heavy atom. The predicted molar refractivity (Wildman–Crippen MR) is 54.9 cm³/mol. The Kier molecular flexibility index (Phi) is 2.71. The molecule has 0 saturated carbocycles. The van der Waals surface area contributed by atoms with Crippen LogP contribution in [0.3, 0.4) is 0 Å². The average molecular weight is 177 g/mol. The first-order valence-corrected chi connectivity index (χ1v) is 4.46. The number of hydrogen-bond donors (Lipinski definition) is 1. The molecule has 0 aliphatic rings. The normalized spacial score (nSPS) is 10.1. The van der Waals surface area contributed by atoms with Crippen molar-refractivity contribution >= 4 is 11.5 Å². The Morgan fingerprint density at radius 2 is 1.85 bits per heavy atom. The fourth-order valence-corrected chi connectivity index (χ4v) is 1.27. The number of aryl methyl sites for hydroxylation is 2. The van der Waals surface area contributed by atoms with E-state index in [9.17, 15) is 4.79 Å². The van der Waals surface area contributed by atoms with Crippen LogP contribution in [-0.4, -0.2) is 5.78 Å². The number of Topliss-reactive ketones (excluding diaryl/α,β-unsaturated/α-hetero) is 1. The molecule has 2 heteroatoms. The number of nitrogens with two attached hydrogens (primary N) is 1. The third-order valence-corrected chi connectivity index (χ3v) is 2.29. The van der Waals surface area contributed by atoms with Crippen LogP contribution in [0.25, 0.3) is 0 Å². The molecule has 0 aliphatic carbocycles. The molecule has 0 saturated heterocycles. The van der Waals surface area contributed by atoms with Crippen molar-refractivity contribution in [3.05, 3.63) is 28.8 Å². The van der Waals surface area contributed by atoms with E-state index >= 15 is 0 Å². The van der Waals surface area contributed by atoms with Gasteiger partial charge in [-0.1, -0.05) is 6.92 Å². The molecule has 0 aliphatic heterocycles. The van der Waals surface area contributed by atoms with E-state index < -0.39 is 0 Å². The van der Waals surface area contributed by atoms with Gasteiger partial charge in [0.2, 0.25) is 0 Å². The van der Waals surface area contributed by atoms with E-state index in [-0.39, 0.29) is 5.78 Å². The van der Waals surface area contributed by atoms with Crippen molar-refractivity contribution in [3.63, 3.8) is 0 Å². The van der Waals surface area contributed by atoms with Gasteiger partial charge in [0.1, 0.15) is 0 Å². The lowest BCUT2D eigenvalue weighted by molar-refractivity contribution is 0.0989. The van der Waals surface area contributed by atoms with Gasteiger partial charge in [0.25, 0.3) is 0 Å². The Balaban J connectivity index is 3.23. The Bertz CT molecular complexity index is 342. The number of anilines is 1. The molecule has 2 N–H and O–H groups in total. The summed E-state index contributed by atoms with van der Waals surface area (Å²) in [6.07, 6.45) is 0.507. The highest BCUT2D eigenvalue weighted by atomic mass is 16.1. The van der Waals surface area contributed by atoms with Crippen molar-refractivity contribution in [3.8, 4) is 0 Å². The first kappa shape index (κ1) is 9.78. The van der Waals surface area contributed by atoms with Crippen LogP contribution in [0.1, 0.15) is 34.8 Å². The van der Waals surface area contributed by atoms with E-state index in [2.05, 4.69) is 0 Å². The summed E-state index contributed by atoms with van der Waals surface area (Å²) in [5, 5.41) is 0. The highest BCUT2D eigenvalue weighted by Crippen LogP contribution is 2.19. The summed E-state index contributed by atoms with van der Waals surface area (Å²) in [5.74, 6) is 0.112. The van der Waals surface area contributed by atoms with Gasteiger partial charge in [-0.15, -0.1) is 0 Å². The SMILES string of the molecule is CCC(=O)c1cc(C)c(C)cc1N. The fourth-order valence-electron chi connectivity index (χ4n) is 1.27.